The molecule has 4 rings (SSSR count). The number of anilines is 1. The Kier molecular flexibility index (Phi) is 5.74. The number of carbonyl (C=O) groups is 2. The number of rotatable bonds is 3. The van der Waals surface area contributed by atoms with Gasteiger partial charge in [0.2, 0.25) is 6.10 Å². The number of ether oxygens (including phenoxy) is 2. The lowest BCUT2D eigenvalue weighted by Gasteiger charge is -2.35. The molecule has 1 fully saturated rings. The van der Waals surface area contributed by atoms with E-state index in [0.29, 0.717) is 43.4 Å². The van der Waals surface area contributed by atoms with Crippen LogP contribution in [0.1, 0.15) is 0 Å². The average molecular weight is 427 g/mol. The number of piperazine rings is 1. The molecule has 1 saturated heterocycles. The molecule has 11 nitrogen and oxygen atoms in total. The van der Waals surface area contributed by atoms with Gasteiger partial charge in [0.15, 0.2) is 11.5 Å². The van der Waals surface area contributed by atoms with Crippen LogP contribution in [0.3, 0.4) is 0 Å². The molecule has 2 aromatic carbocycles. The molecule has 162 valence electrons. The van der Waals surface area contributed by atoms with Crippen LogP contribution in [0.2, 0.25) is 0 Å². The molecule has 1 atom stereocenters. The number of nitro groups is 1. The number of amides is 3. The van der Waals surface area contributed by atoms with E-state index in [0.717, 1.165) is 0 Å². The Hall–Kier alpha value is -4.02. The fourth-order valence-corrected chi connectivity index (χ4v) is 3.46. The molecule has 2 heterocycles. The fourth-order valence-electron chi connectivity index (χ4n) is 3.46. The number of benzene rings is 2. The monoisotopic (exact) mass is 427 g/mol. The highest BCUT2D eigenvalue weighted by Gasteiger charge is 2.29. The molecular weight excluding hydrogens is 406 g/mol. The van der Waals surface area contributed by atoms with Gasteiger partial charge >= 0.3 is 6.03 Å². The number of urea groups is 1. The van der Waals surface area contributed by atoms with E-state index in [4.69, 9.17) is 9.47 Å². The van der Waals surface area contributed by atoms with Crippen LogP contribution >= 0.6 is 0 Å². The van der Waals surface area contributed by atoms with Gasteiger partial charge in [0.05, 0.1) is 4.92 Å². The van der Waals surface area contributed by atoms with Gasteiger partial charge in [-0.25, -0.2) is 10.2 Å². The van der Waals surface area contributed by atoms with Crippen molar-refractivity contribution in [3.8, 4) is 11.5 Å². The van der Waals surface area contributed by atoms with Crippen molar-refractivity contribution in [1.82, 2.24) is 15.8 Å². The smallest absolute Gasteiger partial charge is 0.336 e. The SMILES string of the molecule is O=C(NNC(=O)N1CCN(c2ccccc2[N+](=O)[O-])CC1)[C@@H]1COc2ccccc2O1. The summed E-state index contributed by atoms with van der Waals surface area (Å²) in [5, 5.41) is 11.2. The summed E-state index contributed by atoms with van der Waals surface area (Å²) in [6, 6.07) is 13.1. The van der Waals surface area contributed by atoms with Crippen LogP contribution in [-0.2, 0) is 4.79 Å². The number of nitrogens with zero attached hydrogens (tertiary/aromatic N) is 3. The van der Waals surface area contributed by atoms with Crippen LogP contribution in [0.5, 0.6) is 11.5 Å². The molecule has 0 aromatic heterocycles. The zero-order valence-electron chi connectivity index (χ0n) is 16.5. The highest BCUT2D eigenvalue weighted by Crippen LogP contribution is 2.31. The third-order valence-electron chi connectivity index (χ3n) is 5.08. The highest BCUT2D eigenvalue weighted by atomic mass is 16.6. The molecule has 11 heteroatoms. The molecule has 2 aliphatic rings. The summed E-state index contributed by atoms with van der Waals surface area (Å²) >= 11 is 0. The first-order valence-electron chi connectivity index (χ1n) is 9.74. The third kappa shape index (κ3) is 4.44. The predicted octanol–water partition coefficient (Wildman–Crippen LogP) is 1.30. The number of carbonyl (C=O) groups excluding carboxylic acids is 2. The molecule has 3 amide bonds. The minimum Gasteiger partial charge on any atom is -0.485 e. The lowest BCUT2D eigenvalue weighted by molar-refractivity contribution is -0.384. The first kappa shape index (κ1) is 20.3. The maximum atomic E-state index is 12.4. The molecule has 0 aliphatic carbocycles. The topological polar surface area (TPSA) is 126 Å². The lowest BCUT2D eigenvalue weighted by atomic mass is 10.2. The van der Waals surface area contributed by atoms with Gasteiger partial charge in [-0.3, -0.25) is 20.3 Å². The van der Waals surface area contributed by atoms with Gasteiger partial charge < -0.3 is 19.3 Å². The van der Waals surface area contributed by atoms with Crippen LogP contribution in [0.25, 0.3) is 0 Å². The summed E-state index contributed by atoms with van der Waals surface area (Å²) in [4.78, 5) is 38.9. The van der Waals surface area contributed by atoms with E-state index in [1.807, 2.05) is 4.90 Å². The molecule has 0 saturated carbocycles. The summed E-state index contributed by atoms with van der Waals surface area (Å²) in [5.41, 5.74) is 5.30. The van der Waals surface area contributed by atoms with Crippen molar-refractivity contribution < 1.29 is 24.0 Å². The maximum Gasteiger partial charge on any atom is 0.336 e. The number of para-hydroxylation sites is 4. The van der Waals surface area contributed by atoms with Gasteiger partial charge in [0, 0.05) is 32.2 Å². The molecule has 0 unspecified atom stereocenters. The van der Waals surface area contributed by atoms with Gasteiger partial charge in [0.1, 0.15) is 12.3 Å². The lowest BCUT2D eigenvalue weighted by Crippen LogP contribution is -2.57. The van der Waals surface area contributed by atoms with Gasteiger partial charge in [0.25, 0.3) is 11.6 Å². The molecule has 0 bridgehead atoms. The predicted molar refractivity (Wildman–Crippen MR) is 110 cm³/mol. The molecule has 31 heavy (non-hydrogen) atoms. The number of fused-ring (bicyclic) bond motifs is 1. The fraction of sp³-hybridized carbons (Fsp3) is 0.300. The Labute approximate surface area is 177 Å². The van der Waals surface area contributed by atoms with Crippen molar-refractivity contribution >= 4 is 23.3 Å². The van der Waals surface area contributed by atoms with Crippen molar-refractivity contribution in [2.75, 3.05) is 37.7 Å². The van der Waals surface area contributed by atoms with Gasteiger partial charge in [-0.2, -0.15) is 0 Å². The summed E-state index contributed by atoms with van der Waals surface area (Å²) in [5.74, 6) is 0.500. The second-order valence-electron chi connectivity index (χ2n) is 7.00. The summed E-state index contributed by atoms with van der Waals surface area (Å²) in [6.07, 6.45) is -0.884. The first-order chi connectivity index (χ1) is 15.0. The number of hydrazine groups is 1. The quantitative estimate of drug-likeness (QED) is 0.558. The second-order valence-corrected chi connectivity index (χ2v) is 7.00. The van der Waals surface area contributed by atoms with Crippen molar-refractivity contribution in [2.24, 2.45) is 0 Å². The normalized spacial score (nSPS) is 17.6. The highest BCUT2D eigenvalue weighted by molar-refractivity contribution is 5.85. The van der Waals surface area contributed by atoms with Crippen LogP contribution in [0, 0.1) is 10.1 Å². The Morgan fingerprint density at radius 2 is 1.65 bits per heavy atom. The first-order valence-corrected chi connectivity index (χ1v) is 9.74. The van der Waals surface area contributed by atoms with Crippen molar-refractivity contribution in [2.45, 2.75) is 6.10 Å². The number of nitro benzene ring substituents is 1. The molecule has 0 radical (unpaired) electrons. The van der Waals surface area contributed by atoms with Gasteiger partial charge in [-0.1, -0.05) is 24.3 Å². The van der Waals surface area contributed by atoms with Crippen molar-refractivity contribution in [3.05, 3.63) is 58.6 Å². The minimum atomic E-state index is -0.884. The van der Waals surface area contributed by atoms with Crippen LogP contribution < -0.4 is 25.2 Å². The number of nitrogens with one attached hydrogen (secondary N) is 2. The van der Waals surface area contributed by atoms with Crippen molar-refractivity contribution in [3.63, 3.8) is 0 Å². The van der Waals surface area contributed by atoms with Gasteiger partial charge in [-0.15, -0.1) is 0 Å². The molecule has 2 aromatic rings. The van der Waals surface area contributed by atoms with E-state index in [2.05, 4.69) is 10.9 Å². The summed E-state index contributed by atoms with van der Waals surface area (Å²) in [6.45, 7) is 1.60. The van der Waals surface area contributed by atoms with Crippen molar-refractivity contribution in [1.29, 1.82) is 0 Å². The van der Waals surface area contributed by atoms with E-state index in [1.165, 1.54) is 11.0 Å². The van der Waals surface area contributed by atoms with E-state index in [9.17, 15) is 19.7 Å². The Morgan fingerprint density at radius 1 is 0.968 bits per heavy atom. The summed E-state index contributed by atoms with van der Waals surface area (Å²) in [7, 11) is 0. The molecule has 0 spiro atoms. The zero-order chi connectivity index (χ0) is 21.8. The van der Waals surface area contributed by atoms with Gasteiger partial charge in [-0.05, 0) is 18.2 Å². The Balaban J connectivity index is 1.26. The number of hydrogen-bond donors (Lipinski definition) is 2. The van der Waals surface area contributed by atoms with E-state index >= 15 is 0 Å². The van der Waals surface area contributed by atoms with E-state index in [1.54, 1.807) is 42.5 Å². The third-order valence-corrected chi connectivity index (χ3v) is 5.08. The van der Waals surface area contributed by atoms with E-state index in [-0.39, 0.29) is 12.3 Å². The van der Waals surface area contributed by atoms with Crippen LogP contribution in [0.4, 0.5) is 16.2 Å². The van der Waals surface area contributed by atoms with Crippen LogP contribution in [0.15, 0.2) is 48.5 Å². The standard InChI is InChI=1S/C20H21N5O6/c26-19(18-13-30-16-7-3-4-8-17(16)31-18)21-22-20(27)24-11-9-23(10-12-24)14-5-1-2-6-15(14)25(28)29/h1-8,18H,9-13H2,(H,21,26)(H,22,27)/t18-/m0/s1. The maximum absolute atomic E-state index is 12.4. The molecule has 2 N–H and O–H groups in total. The Morgan fingerprint density at radius 3 is 2.39 bits per heavy atom. The molecular formula is C20H21N5O6. The largest absolute Gasteiger partial charge is 0.485 e. The van der Waals surface area contributed by atoms with Crippen LogP contribution in [-0.4, -0.2) is 60.7 Å². The second kappa shape index (κ2) is 8.78. The average Bonchev–Trinajstić information content (AvgIpc) is 2.82. The number of hydrogen-bond acceptors (Lipinski definition) is 7. The molecule has 2 aliphatic heterocycles. The minimum absolute atomic E-state index is 0.0314. The Bertz CT molecular complexity index is 992. The van der Waals surface area contributed by atoms with E-state index < -0.39 is 23.0 Å². The zero-order valence-corrected chi connectivity index (χ0v) is 16.5. The summed E-state index contributed by atoms with van der Waals surface area (Å²) < 4.78 is 11.1.